The Labute approximate surface area is 129 Å². The SMILES string of the molecule is CCC1=NCN(c2cccc(O)c2)CN1c1cccc(O)c1. The molecule has 0 aliphatic carbocycles. The first-order valence-electron chi connectivity index (χ1n) is 7.31. The van der Waals surface area contributed by atoms with Crippen molar-refractivity contribution in [2.45, 2.75) is 13.3 Å². The number of anilines is 2. The van der Waals surface area contributed by atoms with Crippen LogP contribution in [0.5, 0.6) is 11.5 Å². The van der Waals surface area contributed by atoms with Crippen LogP contribution < -0.4 is 9.80 Å². The normalized spacial score (nSPS) is 14.9. The summed E-state index contributed by atoms with van der Waals surface area (Å²) in [4.78, 5) is 8.78. The molecule has 5 nitrogen and oxygen atoms in total. The summed E-state index contributed by atoms with van der Waals surface area (Å²) in [6.45, 7) is 3.25. The van der Waals surface area contributed by atoms with Crippen LogP contribution in [0.25, 0.3) is 0 Å². The molecule has 0 fully saturated rings. The molecule has 1 aliphatic rings. The zero-order valence-corrected chi connectivity index (χ0v) is 12.5. The van der Waals surface area contributed by atoms with E-state index in [4.69, 9.17) is 0 Å². The molecule has 0 bridgehead atoms. The van der Waals surface area contributed by atoms with Crippen LogP contribution in [0, 0.1) is 0 Å². The van der Waals surface area contributed by atoms with Gasteiger partial charge in [0.2, 0.25) is 0 Å². The van der Waals surface area contributed by atoms with Gasteiger partial charge in [0.15, 0.2) is 0 Å². The highest BCUT2D eigenvalue weighted by atomic mass is 16.3. The van der Waals surface area contributed by atoms with Crippen molar-refractivity contribution in [1.82, 2.24) is 0 Å². The van der Waals surface area contributed by atoms with E-state index in [1.165, 1.54) is 0 Å². The number of phenols is 2. The Morgan fingerprint density at radius 1 is 1.00 bits per heavy atom. The number of amidine groups is 1. The van der Waals surface area contributed by atoms with E-state index >= 15 is 0 Å². The lowest BCUT2D eigenvalue weighted by molar-refractivity contribution is 0.475. The van der Waals surface area contributed by atoms with Gasteiger partial charge in [-0.1, -0.05) is 19.1 Å². The smallest absolute Gasteiger partial charge is 0.117 e. The summed E-state index contributed by atoms with van der Waals surface area (Å²) in [6, 6.07) is 14.3. The Balaban J connectivity index is 1.92. The van der Waals surface area contributed by atoms with Crippen molar-refractivity contribution in [3.63, 3.8) is 0 Å². The van der Waals surface area contributed by atoms with Crippen molar-refractivity contribution in [1.29, 1.82) is 0 Å². The number of rotatable bonds is 3. The highest BCUT2D eigenvalue weighted by Gasteiger charge is 2.21. The Morgan fingerprint density at radius 3 is 2.27 bits per heavy atom. The van der Waals surface area contributed by atoms with E-state index in [9.17, 15) is 10.2 Å². The third-order valence-electron chi connectivity index (χ3n) is 3.70. The van der Waals surface area contributed by atoms with Crippen molar-refractivity contribution in [3.05, 3.63) is 48.5 Å². The van der Waals surface area contributed by atoms with E-state index in [2.05, 4.69) is 21.7 Å². The first kappa shape index (κ1) is 14.3. The fraction of sp³-hybridized carbons (Fsp3) is 0.235. The zero-order chi connectivity index (χ0) is 15.5. The zero-order valence-electron chi connectivity index (χ0n) is 12.5. The van der Waals surface area contributed by atoms with Crippen molar-refractivity contribution in [3.8, 4) is 11.5 Å². The summed E-state index contributed by atoms with van der Waals surface area (Å²) in [5.41, 5.74) is 1.83. The molecule has 0 spiro atoms. The van der Waals surface area contributed by atoms with Gasteiger partial charge >= 0.3 is 0 Å². The highest BCUT2D eigenvalue weighted by molar-refractivity contribution is 5.99. The summed E-state index contributed by atoms with van der Waals surface area (Å²) in [7, 11) is 0. The topological polar surface area (TPSA) is 59.3 Å². The second-order valence-electron chi connectivity index (χ2n) is 5.22. The van der Waals surface area contributed by atoms with Gasteiger partial charge < -0.3 is 20.0 Å². The lowest BCUT2D eigenvalue weighted by Gasteiger charge is -2.37. The maximum absolute atomic E-state index is 9.71. The number of aromatic hydroxyl groups is 2. The molecule has 0 amide bonds. The monoisotopic (exact) mass is 297 g/mol. The molecule has 0 saturated heterocycles. The lowest BCUT2D eigenvalue weighted by atomic mass is 10.2. The molecular formula is C17H19N3O2. The second-order valence-corrected chi connectivity index (χ2v) is 5.22. The van der Waals surface area contributed by atoms with Crippen LogP contribution >= 0.6 is 0 Å². The molecule has 2 N–H and O–H groups in total. The molecule has 0 saturated carbocycles. The van der Waals surface area contributed by atoms with E-state index < -0.39 is 0 Å². The molecule has 2 aromatic rings. The molecule has 114 valence electrons. The molecule has 0 aromatic heterocycles. The maximum Gasteiger partial charge on any atom is 0.117 e. The molecule has 0 atom stereocenters. The third-order valence-corrected chi connectivity index (χ3v) is 3.70. The predicted molar refractivity (Wildman–Crippen MR) is 88.6 cm³/mol. The minimum atomic E-state index is 0.238. The summed E-state index contributed by atoms with van der Waals surface area (Å²) in [5.74, 6) is 1.47. The van der Waals surface area contributed by atoms with Crippen molar-refractivity contribution < 1.29 is 10.2 Å². The molecule has 1 heterocycles. The average Bonchev–Trinajstić information content (AvgIpc) is 2.54. The number of nitrogens with zero attached hydrogens (tertiary/aromatic N) is 3. The van der Waals surface area contributed by atoms with Gasteiger partial charge in [0.25, 0.3) is 0 Å². The maximum atomic E-state index is 9.71. The first-order chi connectivity index (χ1) is 10.7. The number of hydrogen-bond acceptors (Lipinski definition) is 5. The standard InChI is InChI=1S/C17H19N3O2/c1-2-17-18-11-19(13-5-3-7-15(21)9-13)12-20(17)14-6-4-8-16(22)10-14/h3-10,21-22H,2,11-12H2,1H3. The highest BCUT2D eigenvalue weighted by Crippen LogP contribution is 2.27. The largest absolute Gasteiger partial charge is 0.508 e. The van der Waals surface area contributed by atoms with E-state index in [1.807, 2.05) is 24.3 Å². The third kappa shape index (κ3) is 2.83. The molecule has 0 unspecified atom stereocenters. The second kappa shape index (κ2) is 5.97. The Morgan fingerprint density at radius 2 is 1.64 bits per heavy atom. The van der Waals surface area contributed by atoms with Gasteiger partial charge in [-0.15, -0.1) is 0 Å². The number of aliphatic imine (C=N–C) groups is 1. The van der Waals surface area contributed by atoms with Crippen LogP contribution in [-0.2, 0) is 0 Å². The van der Waals surface area contributed by atoms with E-state index in [0.717, 1.165) is 23.6 Å². The van der Waals surface area contributed by atoms with E-state index in [1.54, 1.807) is 24.3 Å². The quantitative estimate of drug-likeness (QED) is 0.913. The van der Waals surface area contributed by atoms with Crippen LogP contribution in [0.4, 0.5) is 11.4 Å². The molecule has 2 aromatic carbocycles. The minimum absolute atomic E-state index is 0.238. The summed E-state index contributed by atoms with van der Waals surface area (Å²) >= 11 is 0. The van der Waals surface area contributed by atoms with Gasteiger partial charge in [-0.2, -0.15) is 0 Å². The number of benzene rings is 2. The van der Waals surface area contributed by atoms with Crippen molar-refractivity contribution in [2.75, 3.05) is 23.1 Å². The molecule has 0 radical (unpaired) electrons. The summed E-state index contributed by atoms with van der Waals surface area (Å²) in [5, 5.41) is 19.4. The van der Waals surface area contributed by atoms with Crippen LogP contribution in [0.15, 0.2) is 53.5 Å². The lowest BCUT2D eigenvalue weighted by Crippen LogP contribution is -2.46. The molecule has 22 heavy (non-hydrogen) atoms. The first-order valence-corrected chi connectivity index (χ1v) is 7.31. The Kier molecular flexibility index (Phi) is 3.87. The van der Waals surface area contributed by atoms with Gasteiger partial charge in [-0.3, -0.25) is 4.99 Å². The van der Waals surface area contributed by atoms with E-state index in [0.29, 0.717) is 13.3 Å². The number of hydrogen-bond donors (Lipinski definition) is 2. The Hall–Kier alpha value is -2.69. The summed E-state index contributed by atoms with van der Waals surface area (Å²) < 4.78 is 0. The van der Waals surface area contributed by atoms with Gasteiger partial charge in [0.1, 0.15) is 24.0 Å². The van der Waals surface area contributed by atoms with Gasteiger partial charge in [0.05, 0.1) is 6.67 Å². The fourth-order valence-electron chi connectivity index (χ4n) is 2.60. The molecule has 1 aliphatic heterocycles. The van der Waals surface area contributed by atoms with Gasteiger partial charge in [0, 0.05) is 29.9 Å². The minimum Gasteiger partial charge on any atom is -0.508 e. The average molecular weight is 297 g/mol. The predicted octanol–water partition coefficient (Wildman–Crippen LogP) is 3.15. The number of phenolic OH excluding ortho intramolecular Hbond substituents is 2. The van der Waals surface area contributed by atoms with Crippen LogP contribution in [0.2, 0.25) is 0 Å². The van der Waals surface area contributed by atoms with Gasteiger partial charge in [-0.25, -0.2) is 0 Å². The van der Waals surface area contributed by atoms with Crippen LogP contribution in [-0.4, -0.2) is 29.4 Å². The Bertz CT molecular complexity index is 700. The van der Waals surface area contributed by atoms with E-state index in [-0.39, 0.29) is 11.5 Å². The fourth-order valence-corrected chi connectivity index (χ4v) is 2.60. The van der Waals surface area contributed by atoms with Crippen LogP contribution in [0.1, 0.15) is 13.3 Å². The molecule has 3 rings (SSSR count). The van der Waals surface area contributed by atoms with Crippen LogP contribution in [0.3, 0.4) is 0 Å². The molecular weight excluding hydrogens is 278 g/mol. The van der Waals surface area contributed by atoms with Crippen molar-refractivity contribution >= 4 is 17.2 Å². The van der Waals surface area contributed by atoms with Crippen molar-refractivity contribution in [2.24, 2.45) is 4.99 Å². The molecule has 5 heteroatoms. The summed E-state index contributed by atoms with van der Waals surface area (Å²) in [6.07, 6.45) is 0.823. The van der Waals surface area contributed by atoms with Gasteiger partial charge in [-0.05, 0) is 24.3 Å².